The van der Waals surface area contributed by atoms with Crippen LogP contribution in [0.3, 0.4) is 0 Å². The lowest BCUT2D eigenvalue weighted by molar-refractivity contribution is -0.138. The molecule has 0 fully saturated rings. The maximum absolute atomic E-state index is 14.0. The number of rotatable bonds is 6. The number of benzene rings is 2. The number of nitrogens with zero attached hydrogens (tertiary/aromatic N) is 1. The van der Waals surface area contributed by atoms with Gasteiger partial charge in [0.2, 0.25) is 0 Å². The molecule has 134 valence electrons. The van der Waals surface area contributed by atoms with Crippen LogP contribution in [0, 0.1) is 11.6 Å². The van der Waals surface area contributed by atoms with Crippen LogP contribution in [0.2, 0.25) is 0 Å². The molecule has 25 heavy (non-hydrogen) atoms. The summed E-state index contributed by atoms with van der Waals surface area (Å²) >= 11 is 0. The van der Waals surface area contributed by atoms with Crippen LogP contribution < -0.4 is 10.4 Å². The van der Waals surface area contributed by atoms with Crippen LogP contribution in [-0.4, -0.2) is 26.9 Å². The highest BCUT2D eigenvalue weighted by molar-refractivity contribution is 7.54. The fourth-order valence-corrected chi connectivity index (χ4v) is 3.07. The average Bonchev–Trinajstić information content (AvgIpc) is 2.52. The first-order valence-corrected chi connectivity index (χ1v) is 8.55. The number of anilines is 2. The Hall–Kier alpha value is -2.32. The Labute approximate surface area is 141 Å². The molecule has 0 radical (unpaired) electrons. The summed E-state index contributed by atoms with van der Waals surface area (Å²) in [5, 5.41) is 8.78. The highest BCUT2D eigenvalue weighted by Gasteiger charge is 2.31. The number of hydrogen-bond donors (Lipinski definition) is 4. The first-order valence-electron chi connectivity index (χ1n) is 6.98. The van der Waals surface area contributed by atoms with E-state index in [1.54, 1.807) is 0 Å². The summed E-state index contributed by atoms with van der Waals surface area (Å²) < 4.78 is 39.5. The lowest BCUT2D eigenvalue weighted by atomic mass is 10.1. The third-order valence-electron chi connectivity index (χ3n) is 3.37. The SMILES string of the molecule is N[C@@H](Cc1ccc(N(c2cccc(F)c2F)P(=O)(O)O)cc1)C(=O)O. The molecule has 7 nitrogen and oxygen atoms in total. The van der Waals surface area contributed by atoms with Crippen LogP contribution in [-0.2, 0) is 15.8 Å². The Bertz CT molecular complexity index is 825. The van der Waals surface area contributed by atoms with E-state index in [0.29, 0.717) is 10.2 Å². The predicted octanol–water partition coefficient (Wildman–Crippen LogP) is 2.15. The van der Waals surface area contributed by atoms with E-state index >= 15 is 0 Å². The van der Waals surface area contributed by atoms with E-state index in [2.05, 4.69) is 0 Å². The Morgan fingerprint density at radius 2 is 1.76 bits per heavy atom. The van der Waals surface area contributed by atoms with E-state index in [-0.39, 0.29) is 12.1 Å². The molecule has 0 amide bonds. The molecule has 0 heterocycles. The Morgan fingerprint density at radius 3 is 2.28 bits per heavy atom. The van der Waals surface area contributed by atoms with Crippen molar-refractivity contribution >= 4 is 25.1 Å². The summed E-state index contributed by atoms with van der Waals surface area (Å²) in [5.74, 6) is -3.84. The van der Waals surface area contributed by atoms with Crippen molar-refractivity contribution in [3.05, 3.63) is 59.7 Å². The summed E-state index contributed by atoms with van der Waals surface area (Å²) in [4.78, 5) is 29.8. The fraction of sp³-hybridized carbons (Fsp3) is 0.133. The molecule has 2 rings (SSSR count). The van der Waals surface area contributed by atoms with E-state index in [1.807, 2.05) is 0 Å². The summed E-state index contributed by atoms with van der Waals surface area (Å²) in [6.45, 7) is 0. The quantitative estimate of drug-likeness (QED) is 0.573. The van der Waals surface area contributed by atoms with E-state index in [0.717, 1.165) is 18.2 Å². The third-order valence-corrected chi connectivity index (χ3v) is 4.34. The second-order valence-corrected chi connectivity index (χ2v) is 6.64. The molecule has 10 heteroatoms. The molecule has 0 saturated heterocycles. The van der Waals surface area contributed by atoms with Gasteiger partial charge in [0.15, 0.2) is 11.6 Å². The highest BCUT2D eigenvalue weighted by atomic mass is 31.2. The second kappa shape index (κ2) is 7.28. The molecular weight excluding hydrogens is 357 g/mol. The molecule has 0 saturated carbocycles. The van der Waals surface area contributed by atoms with Crippen molar-refractivity contribution in [2.24, 2.45) is 5.73 Å². The number of carbonyl (C=O) groups is 1. The molecule has 0 aliphatic heterocycles. The second-order valence-electron chi connectivity index (χ2n) is 5.21. The van der Waals surface area contributed by atoms with Crippen molar-refractivity contribution in [1.82, 2.24) is 0 Å². The van der Waals surface area contributed by atoms with Gasteiger partial charge in [0.05, 0.1) is 11.4 Å². The van der Waals surface area contributed by atoms with Crippen LogP contribution in [0.1, 0.15) is 5.56 Å². The van der Waals surface area contributed by atoms with Crippen molar-refractivity contribution in [2.45, 2.75) is 12.5 Å². The van der Waals surface area contributed by atoms with Crippen molar-refractivity contribution < 1.29 is 33.0 Å². The largest absolute Gasteiger partial charge is 0.480 e. The van der Waals surface area contributed by atoms with Crippen LogP contribution in [0.4, 0.5) is 20.2 Å². The van der Waals surface area contributed by atoms with Crippen LogP contribution in [0.15, 0.2) is 42.5 Å². The van der Waals surface area contributed by atoms with E-state index in [1.165, 1.54) is 24.3 Å². The van der Waals surface area contributed by atoms with Gasteiger partial charge in [-0.15, -0.1) is 0 Å². The molecule has 0 spiro atoms. The topological polar surface area (TPSA) is 124 Å². The predicted molar refractivity (Wildman–Crippen MR) is 86.3 cm³/mol. The van der Waals surface area contributed by atoms with E-state index < -0.39 is 37.1 Å². The molecule has 0 aromatic heterocycles. The van der Waals surface area contributed by atoms with Gasteiger partial charge in [-0.25, -0.2) is 18.0 Å². The van der Waals surface area contributed by atoms with Crippen LogP contribution >= 0.6 is 7.75 Å². The van der Waals surface area contributed by atoms with Gasteiger partial charge in [-0.1, -0.05) is 18.2 Å². The van der Waals surface area contributed by atoms with Gasteiger partial charge >= 0.3 is 13.7 Å². The van der Waals surface area contributed by atoms with Gasteiger partial charge < -0.3 is 20.6 Å². The fourth-order valence-electron chi connectivity index (χ4n) is 2.20. The zero-order chi connectivity index (χ0) is 18.8. The van der Waals surface area contributed by atoms with Gasteiger partial charge in [-0.2, -0.15) is 0 Å². The van der Waals surface area contributed by atoms with Crippen LogP contribution in [0.5, 0.6) is 0 Å². The minimum atomic E-state index is -5.02. The van der Waals surface area contributed by atoms with Crippen molar-refractivity contribution in [1.29, 1.82) is 0 Å². The van der Waals surface area contributed by atoms with Gasteiger partial charge in [-0.3, -0.25) is 4.79 Å². The minimum absolute atomic E-state index is 0.000149. The van der Waals surface area contributed by atoms with E-state index in [9.17, 15) is 27.9 Å². The van der Waals surface area contributed by atoms with Crippen molar-refractivity contribution in [3.8, 4) is 0 Å². The Balaban J connectivity index is 2.42. The van der Waals surface area contributed by atoms with Gasteiger partial charge in [0.1, 0.15) is 6.04 Å². The zero-order valence-electron chi connectivity index (χ0n) is 12.7. The number of carboxylic acid groups (broad SMARTS) is 1. The number of hydrogen-bond acceptors (Lipinski definition) is 3. The molecule has 5 N–H and O–H groups in total. The lowest BCUT2D eigenvalue weighted by Gasteiger charge is -2.26. The monoisotopic (exact) mass is 372 g/mol. The van der Waals surface area contributed by atoms with Gasteiger partial charge in [-0.05, 0) is 36.2 Å². The van der Waals surface area contributed by atoms with Crippen LogP contribution in [0.25, 0.3) is 0 Å². The van der Waals surface area contributed by atoms with E-state index in [4.69, 9.17) is 10.8 Å². The number of carboxylic acids is 1. The highest BCUT2D eigenvalue weighted by Crippen LogP contribution is 2.50. The molecule has 2 aromatic carbocycles. The molecule has 0 aliphatic rings. The standard InChI is InChI=1S/C15H15F2N2O5P/c16-11-2-1-3-13(14(11)17)19(25(22,23)24)10-6-4-9(5-7-10)8-12(18)15(20)21/h1-7,12H,8,18H2,(H,20,21)(H2,22,23,24)/t12-/m0/s1. The molecule has 0 unspecified atom stereocenters. The van der Waals surface area contributed by atoms with Gasteiger partial charge in [0, 0.05) is 0 Å². The smallest absolute Gasteiger partial charge is 0.434 e. The van der Waals surface area contributed by atoms with Crippen molar-refractivity contribution in [3.63, 3.8) is 0 Å². The molecular formula is C15H15F2N2O5P. The maximum Gasteiger partial charge on any atom is 0.434 e. The number of nitrogens with two attached hydrogens (primary N) is 1. The molecule has 1 atom stereocenters. The lowest BCUT2D eigenvalue weighted by Crippen LogP contribution is -2.32. The minimum Gasteiger partial charge on any atom is -0.480 e. The van der Waals surface area contributed by atoms with Crippen molar-refractivity contribution in [2.75, 3.05) is 4.67 Å². The maximum atomic E-state index is 14.0. The summed E-state index contributed by atoms with van der Waals surface area (Å²) in [7, 11) is -5.02. The summed E-state index contributed by atoms with van der Waals surface area (Å²) in [5.41, 5.74) is 5.21. The Morgan fingerprint density at radius 1 is 1.16 bits per heavy atom. The normalized spacial score (nSPS) is 12.7. The molecule has 0 aliphatic carbocycles. The summed E-state index contributed by atoms with van der Waals surface area (Å²) in [6, 6.07) is 7.16. The number of aliphatic carboxylic acids is 1. The first-order chi connectivity index (χ1) is 11.6. The Kier molecular flexibility index (Phi) is 5.54. The van der Waals surface area contributed by atoms with Gasteiger partial charge in [0.25, 0.3) is 0 Å². The zero-order valence-corrected chi connectivity index (χ0v) is 13.6. The average molecular weight is 372 g/mol. The third kappa shape index (κ3) is 4.40. The summed E-state index contributed by atoms with van der Waals surface area (Å²) in [6.07, 6.45) is -0.000149. The molecule has 0 bridgehead atoms. The number of halogens is 2. The first kappa shape index (κ1) is 19.0. The molecule has 2 aromatic rings.